The normalized spacial score (nSPS) is 12.7. The zero-order valence-electron chi connectivity index (χ0n) is 13.7. The SMILES string of the molecule is CC(C)C(NCc1nc2ccccc2c(=O)[nH]1)c1ccc(Cl)cc1. The molecule has 5 heteroatoms. The van der Waals surface area contributed by atoms with E-state index in [1.54, 1.807) is 6.07 Å². The molecule has 0 radical (unpaired) electrons. The third-order valence-electron chi connectivity index (χ3n) is 4.05. The lowest BCUT2D eigenvalue weighted by Crippen LogP contribution is -2.27. The molecule has 3 rings (SSSR count). The first-order valence-electron chi connectivity index (χ1n) is 8.01. The number of benzene rings is 2. The lowest BCUT2D eigenvalue weighted by molar-refractivity contribution is 0.406. The fourth-order valence-corrected chi connectivity index (χ4v) is 2.96. The monoisotopic (exact) mass is 341 g/mol. The molecule has 1 aromatic heterocycles. The zero-order valence-corrected chi connectivity index (χ0v) is 14.5. The average molecular weight is 342 g/mol. The summed E-state index contributed by atoms with van der Waals surface area (Å²) in [6.45, 7) is 4.80. The molecular weight excluding hydrogens is 322 g/mol. The van der Waals surface area contributed by atoms with Crippen LogP contribution in [-0.2, 0) is 6.54 Å². The van der Waals surface area contributed by atoms with Crippen LogP contribution >= 0.6 is 11.6 Å². The van der Waals surface area contributed by atoms with E-state index in [0.29, 0.717) is 29.2 Å². The van der Waals surface area contributed by atoms with Crippen LogP contribution < -0.4 is 10.9 Å². The number of aromatic nitrogens is 2. The van der Waals surface area contributed by atoms with Crippen LogP contribution in [0.15, 0.2) is 53.3 Å². The van der Waals surface area contributed by atoms with E-state index in [0.717, 1.165) is 10.6 Å². The maximum Gasteiger partial charge on any atom is 0.258 e. The number of H-pyrrole nitrogens is 1. The van der Waals surface area contributed by atoms with Crippen molar-refractivity contribution in [2.24, 2.45) is 5.92 Å². The van der Waals surface area contributed by atoms with Crippen molar-refractivity contribution in [3.05, 3.63) is 75.3 Å². The summed E-state index contributed by atoms with van der Waals surface area (Å²) in [5.41, 5.74) is 1.77. The first-order chi connectivity index (χ1) is 11.5. The van der Waals surface area contributed by atoms with Crippen LogP contribution in [0.5, 0.6) is 0 Å². The van der Waals surface area contributed by atoms with Gasteiger partial charge < -0.3 is 10.3 Å². The molecule has 0 saturated heterocycles. The molecule has 0 aliphatic heterocycles. The van der Waals surface area contributed by atoms with Gasteiger partial charge in [0.2, 0.25) is 0 Å². The summed E-state index contributed by atoms with van der Waals surface area (Å²) >= 11 is 5.97. The summed E-state index contributed by atoms with van der Waals surface area (Å²) < 4.78 is 0. The van der Waals surface area contributed by atoms with Crippen molar-refractivity contribution < 1.29 is 0 Å². The second-order valence-corrected chi connectivity index (χ2v) is 6.62. The highest BCUT2D eigenvalue weighted by molar-refractivity contribution is 6.30. The minimum atomic E-state index is -0.106. The highest BCUT2D eigenvalue weighted by Crippen LogP contribution is 2.23. The zero-order chi connectivity index (χ0) is 17.1. The van der Waals surface area contributed by atoms with Gasteiger partial charge in [-0.3, -0.25) is 4.79 Å². The standard InChI is InChI=1S/C19H20ClN3O/c1-12(2)18(13-7-9-14(20)10-8-13)21-11-17-22-16-6-4-3-5-15(16)19(24)23-17/h3-10,12,18,21H,11H2,1-2H3,(H,22,23,24). The number of aromatic amines is 1. The van der Waals surface area contributed by atoms with E-state index in [-0.39, 0.29) is 11.6 Å². The first kappa shape index (κ1) is 16.7. The molecular formula is C19H20ClN3O. The van der Waals surface area contributed by atoms with E-state index in [4.69, 9.17) is 11.6 Å². The van der Waals surface area contributed by atoms with E-state index in [1.807, 2.05) is 42.5 Å². The van der Waals surface area contributed by atoms with Crippen LogP contribution in [0, 0.1) is 5.92 Å². The maximum absolute atomic E-state index is 12.1. The van der Waals surface area contributed by atoms with Crippen molar-refractivity contribution in [3.63, 3.8) is 0 Å². The lowest BCUT2D eigenvalue weighted by Gasteiger charge is -2.23. The van der Waals surface area contributed by atoms with Crippen molar-refractivity contribution in [2.75, 3.05) is 0 Å². The van der Waals surface area contributed by atoms with Crippen LogP contribution in [0.1, 0.15) is 31.3 Å². The second-order valence-electron chi connectivity index (χ2n) is 6.18. The topological polar surface area (TPSA) is 57.8 Å². The molecule has 0 spiro atoms. The Hall–Kier alpha value is -2.17. The largest absolute Gasteiger partial charge is 0.309 e. The predicted molar refractivity (Wildman–Crippen MR) is 98.2 cm³/mol. The number of hydrogen-bond acceptors (Lipinski definition) is 3. The number of hydrogen-bond donors (Lipinski definition) is 2. The molecule has 0 aliphatic rings. The summed E-state index contributed by atoms with van der Waals surface area (Å²) in [5.74, 6) is 1.02. The molecule has 0 aliphatic carbocycles. The summed E-state index contributed by atoms with van der Waals surface area (Å²) in [4.78, 5) is 19.5. The molecule has 2 aromatic carbocycles. The predicted octanol–water partition coefficient (Wildman–Crippen LogP) is 4.06. The van der Waals surface area contributed by atoms with E-state index >= 15 is 0 Å². The number of nitrogens with one attached hydrogen (secondary N) is 2. The third kappa shape index (κ3) is 3.66. The number of nitrogens with zero attached hydrogens (tertiary/aromatic N) is 1. The fourth-order valence-electron chi connectivity index (χ4n) is 2.83. The van der Waals surface area contributed by atoms with Gasteiger partial charge >= 0.3 is 0 Å². The van der Waals surface area contributed by atoms with Crippen molar-refractivity contribution in [2.45, 2.75) is 26.4 Å². The van der Waals surface area contributed by atoms with Crippen molar-refractivity contribution >= 4 is 22.5 Å². The fraction of sp³-hybridized carbons (Fsp3) is 0.263. The minimum absolute atomic E-state index is 0.106. The number of rotatable bonds is 5. The van der Waals surface area contributed by atoms with Crippen molar-refractivity contribution in [1.82, 2.24) is 15.3 Å². The smallest absolute Gasteiger partial charge is 0.258 e. The van der Waals surface area contributed by atoms with Gasteiger partial charge in [0, 0.05) is 11.1 Å². The number of para-hydroxylation sites is 1. The quantitative estimate of drug-likeness (QED) is 0.735. The molecule has 2 N–H and O–H groups in total. The Bertz CT molecular complexity index is 887. The Kier molecular flexibility index (Phi) is 4.97. The Morgan fingerprint density at radius 2 is 1.83 bits per heavy atom. The highest BCUT2D eigenvalue weighted by atomic mass is 35.5. The van der Waals surface area contributed by atoms with Gasteiger partial charge in [-0.25, -0.2) is 4.98 Å². The van der Waals surface area contributed by atoms with Crippen molar-refractivity contribution in [1.29, 1.82) is 0 Å². The molecule has 1 heterocycles. The van der Waals surface area contributed by atoms with Gasteiger partial charge in [-0.05, 0) is 35.7 Å². The molecule has 24 heavy (non-hydrogen) atoms. The molecule has 0 bridgehead atoms. The molecule has 0 fully saturated rings. The maximum atomic E-state index is 12.1. The Balaban J connectivity index is 1.82. The number of fused-ring (bicyclic) bond motifs is 1. The molecule has 1 unspecified atom stereocenters. The van der Waals surface area contributed by atoms with Gasteiger partial charge in [0.25, 0.3) is 5.56 Å². The van der Waals surface area contributed by atoms with E-state index in [9.17, 15) is 4.79 Å². The molecule has 124 valence electrons. The van der Waals surface area contributed by atoms with Crippen LogP contribution in [0.25, 0.3) is 10.9 Å². The van der Waals surface area contributed by atoms with Crippen molar-refractivity contribution in [3.8, 4) is 0 Å². The van der Waals surface area contributed by atoms with Gasteiger partial charge in [0.15, 0.2) is 0 Å². The molecule has 1 atom stereocenters. The second kappa shape index (κ2) is 7.16. The van der Waals surface area contributed by atoms with Crippen LogP contribution in [-0.4, -0.2) is 9.97 Å². The van der Waals surface area contributed by atoms with Gasteiger partial charge in [-0.1, -0.05) is 49.7 Å². The molecule has 4 nitrogen and oxygen atoms in total. The summed E-state index contributed by atoms with van der Waals surface area (Å²) in [6, 6.07) is 15.3. The first-order valence-corrected chi connectivity index (χ1v) is 8.39. The molecule has 0 saturated carbocycles. The third-order valence-corrected chi connectivity index (χ3v) is 4.30. The van der Waals surface area contributed by atoms with E-state index in [2.05, 4.69) is 29.1 Å². The van der Waals surface area contributed by atoms with Crippen LogP contribution in [0.4, 0.5) is 0 Å². The Morgan fingerprint density at radius 3 is 2.54 bits per heavy atom. The van der Waals surface area contributed by atoms with Crippen LogP contribution in [0.3, 0.4) is 0 Å². The summed E-state index contributed by atoms with van der Waals surface area (Å²) in [7, 11) is 0. The average Bonchev–Trinajstić information content (AvgIpc) is 2.56. The highest BCUT2D eigenvalue weighted by Gasteiger charge is 2.16. The molecule has 3 aromatic rings. The summed E-state index contributed by atoms with van der Waals surface area (Å²) in [6.07, 6.45) is 0. The van der Waals surface area contributed by atoms with Crippen LogP contribution in [0.2, 0.25) is 5.02 Å². The van der Waals surface area contributed by atoms with E-state index in [1.165, 1.54) is 0 Å². The van der Waals surface area contributed by atoms with Gasteiger partial charge in [-0.2, -0.15) is 0 Å². The van der Waals surface area contributed by atoms with E-state index < -0.39 is 0 Å². The minimum Gasteiger partial charge on any atom is -0.309 e. The lowest BCUT2D eigenvalue weighted by atomic mass is 9.96. The Labute approximate surface area is 145 Å². The molecule has 0 amide bonds. The van der Waals surface area contributed by atoms with Gasteiger partial charge in [-0.15, -0.1) is 0 Å². The van der Waals surface area contributed by atoms with Gasteiger partial charge in [0.1, 0.15) is 5.82 Å². The van der Waals surface area contributed by atoms with Gasteiger partial charge in [0.05, 0.1) is 17.4 Å². The number of halogens is 1. The summed E-state index contributed by atoms with van der Waals surface area (Å²) in [5, 5.41) is 4.82. The Morgan fingerprint density at radius 1 is 1.12 bits per heavy atom.